The van der Waals surface area contributed by atoms with Crippen molar-refractivity contribution >= 4 is 6.08 Å². The minimum atomic E-state index is 0.124. The summed E-state index contributed by atoms with van der Waals surface area (Å²) in [7, 11) is 0. The van der Waals surface area contributed by atoms with Gasteiger partial charge >= 0.3 is 0 Å². The van der Waals surface area contributed by atoms with Crippen LogP contribution in [0.4, 0.5) is 4.39 Å². The lowest BCUT2D eigenvalue weighted by Crippen LogP contribution is -2.16. The molecule has 1 fully saturated rings. The molecule has 1 aromatic rings. The van der Waals surface area contributed by atoms with Crippen molar-refractivity contribution in [1.82, 2.24) is 0 Å². The van der Waals surface area contributed by atoms with Crippen LogP contribution in [0.5, 0.6) is 0 Å². The maximum absolute atomic E-state index is 15.2. The third-order valence-electron chi connectivity index (χ3n) is 6.44. The van der Waals surface area contributed by atoms with Gasteiger partial charge in [-0.15, -0.1) is 0 Å². The van der Waals surface area contributed by atoms with E-state index in [1.165, 1.54) is 63.4 Å². The molecule has 138 valence electrons. The second-order valence-electron chi connectivity index (χ2n) is 8.30. The summed E-state index contributed by atoms with van der Waals surface area (Å²) in [4.78, 5) is 0. The van der Waals surface area contributed by atoms with Gasteiger partial charge in [-0.05, 0) is 73.5 Å². The molecule has 0 aliphatic heterocycles. The molecule has 0 bridgehead atoms. The van der Waals surface area contributed by atoms with Gasteiger partial charge in [0.25, 0.3) is 0 Å². The smallest absolute Gasteiger partial charge is 0.130 e. The first-order valence-corrected chi connectivity index (χ1v) is 10.7. The highest BCUT2D eigenvalue weighted by molar-refractivity contribution is 5.61. The second-order valence-corrected chi connectivity index (χ2v) is 8.30. The lowest BCUT2D eigenvalue weighted by atomic mass is 9.76. The minimum Gasteiger partial charge on any atom is -0.206 e. The number of benzene rings is 1. The summed E-state index contributed by atoms with van der Waals surface area (Å²) in [6, 6.07) is 4.29. The van der Waals surface area contributed by atoms with E-state index >= 15 is 4.39 Å². The van der Waals surface area contributed by atoms with E-state index in [0.29, 0.717) is 5.92 Å². The first kappa shape index (κ1) is 18.7. The van der Waals surface area contributed by atoms with Crippen molar-refractivity contribution in [2.75, 3.05) is 0 Å². The van der Waals surface area contributed by atoms with Crippen molar-refractivity contribution in [1.29, 1.82) is 0 Å². The molecule has 0 radical (unpaired) electrons. The molecule has 2 aliphatic carbocycles. The first-order valence-electron chi connectivity index (χ1n) is 10.7. The number of rotatable bonds is 7. The monoisotopic (exact) mass is 342 g/mol. The Bertz CT molecular complexity index is 590. The number of allylic oxidation sites excluding steroid dienone is 1. The van der Waals surface area contributed by atoms with Gasteiger partial charge < -0.3 is 0 Å². The van der Waals surface area contributed by atoms with Gasteiger partial charge in [-0.1, -0.05) is 69.7 Å². The van der Waals surface area contributed by atoms with Crippen molar-refractivity contribution in [2.45, 2.75) is 96.8 Å². The molecular formula is C24H35F. The third kappa shape index (κ3) is 4.54. The zero-order chi connectivity index (χ0) is 17.6. The van der Waals surface area contributed by atoms with Crippen molar-refractivity contribution in [2.24, 2.45) is 5.92 Å². The molecule has 0 unspecified atom stereocenters. The summed E-state index contributed by atoms with van der Waals surface area (Å²) in [5, 5.41) is 0. The summed E-state index contributed by atoms with van der Waals surface area (Å²) in [5.41, 5.74) is 4.64. The van der Waals surface area contributed by atoms with E-state index in [-0.39, 0.29) is 5.82 Å². The van der Waals surface area contributed by atoms with E-state index in [0.717, 1.165) is 41.9 Å². The van der Waals surface area contributed by atoms with E-state index in [4.69, 9.17) is 0 Å². The fourth-order valence-electron chi connectivity index (χ4n) is 4.90. The number of unbranched alkanes of at least 4 members (excludes halogenated alkanes) is 2. The number of fused-ring (bicyclic) bond motifs is 1. The quantitative estimate of drug-likeness (QED) is 0.443. The van der Waals surface area contributed by atoms with Crippen LogP contribution in [0.15, 0.2) is 17.7 Å². The normalized spacial score (nSPS) is 23.2. The Morgan fingerprint density at radius 2 is 1.76 bits per heavy atom. The van der Waals surface area contributed by atoms with Crippen molar-refractivity contribution in [3.63, 3.8) is 0 Å². The Morgan fingerprint density at radius 1 is 0.960 bits per heavy atom. The van der Waals surface area contributed by atoms with Gasteiger partial charge in [-0.25, -0.2) is 4.39 Å². The highest BCUT2D eigenvalue weighted by Crippen LogP contribution is 2.40. The topological polar surface area (TPSA) is 0 Å². The summed E-state index contributed by atoms with van der Waals surface area (Å²) < 4.78 is 15.2. The Morgan fingerprint density at radius 3 is 2.48 bits per heavy atom. The molecule has 2 aliphatic rings. The minimum absolute atomic E-state index is 0.124. The first-order chi connectivity index (χ1) is 12.2. The molecule has 0 spiro atoms. The Hall–Kier alpha value is -1.11. The van der Waals surface area contributed by atoms with Crippen LogP contribution in [0.25, 0.3) is 6.08 Å². The van der Waals surface area contributed by atoms with Gasteiger partial charge in [0.15, 0.2) is 0 Å². The highest BCUT2D eigenvalue weighted by Gasteiger charge is 2.26. The zero-order valence-corrected chi connectivity index (χ0v) is 16.2. The van der Waals surface area contributed by atoms with Crippen LogP contribution in [0, 0.1) is 11.7 Å². The van der Waals surface area contributed by atoms with Crippen molar-refractivity contribution in [3.8, 4) is 0 Å². The van der Waals surface area contributed by atoms with Crippen molar-refractivity contribution < 1.29 is 4.39 Å². The molecule has 3 rings (SSSR count). The summed E-state index contributed by atoms with van der Waals surface area (Å²) in [6.07, 6.45) is 16.9. The van der Waals surface area contributed by atoms with E-state index in [1.807, 2.05) is 0 Å². The lowest BCUT2D eigenvalue weighted by molar-refractivity contribution is 0.299. The molecule has 25 heavy (non-hydrogen) atoms. The van der Waals surface area contributed by atoms with Gasteiger partial charge in [-0.2, -0.15) is 0 Å². The Balaban J connectivity index is 1.65. The predicted molar refractivity (Wildman–Crippen MR) is 106 cm³/mol. The standard InChI is InChI=1S/C24H35F/c1-3-5-6-8-18-9-12-20(13-10-18)22-16-14-21-17-19(7-4-2)11-15-23(21)24(22)25/h14,16-18,20H,3-13,15H2,1-2H3. The van der Waals surface area contributed by atoms with Crippen LogP contribution in [0.1, 0.15) is 107 Å². The maximum atomic E-state index is 15.2. The van der Waals surface area contributed by atoms with Crippen LogP contribution in [0.2, 0.25) is 0 Å². The molecule has 0 heterocycles. The van der Waals surface area contributed by atoms with E-state index in [2.05, 4.69) is 32.1 Å². The van der Waals surface area contributed by atoms with E-state index < -0.39 is 0 Å². The van der Waals surface area contributed by atoms with Gasteiger partial charge in [0.2, 0.25) is 0 Å². The van der Waals surface area contributed by atoms with E-state index in [9.17, 15) is 0 Å². The van der Waals surface area contributed by atoms with Gasteiger partial charge in [0, 0.05) is 0 Å². The number of halogens is 1. The predicted octanol–water partition coefficient (Wildman–Crippen LogP) is 7.81. The van der Waals surface area contributed by atoms with Crippen LogP contribution in [-0.4, -0.2) is 0 Å². The summed E-state index contributed by atoms with van der Waals surface area (Å²) >= 11 is 0. The number of hydrogen-bond donors (Lipinski definition) is 0. The average molecular weight is 343 g/mol. The lowest BCUT2D eigenvalue weighted by Gasteiger charge is -2.30. The molecular weight excluding hydrogens is 307 g/mol. The second kappa shape index (κ2) is 9.01. The molecule has 0 aromatic heterocycles. The molecule has 1 aromatic carbocycles. The maximum Gasteiger partial charge on any atom is 0.130 e. The highest BCUT2D eigenvalue weighted by atomic mass is 19.1. The Kier molecular flexibility index (Phi) is 6.73. The van der Waals surface area contributed by atoms with Gasteiger partial charge in [-0.3, -0.25) is 0 Å². The van der Waals surface area contributed by atoms with Crippen LogP contribution < -0.4 is 0 Å². The SMILES string of the molecule is CCCCCC1CCC(c2ccc3c(c2F)CCC(CCC)=C3)CC1. The van der Waals surface area contributed by atoms with Crippen LogP contribution >= 0.6 is 0 Å². The third-order valence-corrected chi connectivity index (χ3v) is 6.44. The van der Waals surface area contributed by atoms with E-state index in [1.54, 1.807) is 0 Å². The molecule has 0 saturated heterocycles. The van der Waals surface area contributed by atoms with Crippen LogP contribution in [-0.2, 0) is 6.42 Å². The molecule has 0 amide bonds. The van der Waals surface area contributed by atoms with Crippen molar-refractivity contribution in [3.05, 3.63) is 40.2 Å². The summed E-state index contributed by atoms with van der Waals surface area (Å²) in [6.45, 7) is 4.49. The molecule has 1 saturated carbocycles. The molecule has 0 N–H and O–H groups in total. The summed E-state index contributed by atoms with van der Waals surface area (Å²) in [5.74, 6) is 1.47. The fraction of sp³-hybridized carbons (Fsp3) is 0.667. The van der Waals surface area contributed by atoms with Gasteiger partial charge in [0.05, 0.1) is 0 Å². The zero-order valence-electron chi connectivity index (χ0n) is 16.2. The molecule has 0 nitrogen and oxygen atoms in total. The fourth-order valence-corrected chi connectivity index (χ4v) is 4.90. The van der Waals surface area contributed by atoms with Gasteiger partial charge in [0.1, 0.15) is 5.82 Å². The van der Waals surface area contributed by atoms with Crippen LogP contribution in [0.3, 0.4) is 0 Å². The average Bonchev–Trinajstić information content (AvgIpc) is 2.63. The Labute approximate surface area is 153 Å². The largest absolute Gasteiger partial charge is 0.206 e. The molecule has 0 atom stereocenters. The molecule has 1 heteroatoms. The number of hydrogen-bond acceptors (Lipinski definition) is 0.